The smallest absolute Gasteiger partial charge is 0.277 e. The van der Waals surface area contributed by atoms with Gasteiger partial charge in [0, 0.05) is 25.2 Å². The van der Waals surface area contributed by atoms with E-state index >= 15 is 0 Å². The molecule has 2 aromatic carbocycles. The molecule has 0 bridgehead atoms. The van der Waals surface area contributed by atoms with Crippen molar-refractivity contribution in [2.24, 2.45) is 5.41 Å². The van der Waals surface area contributed by atoms with E-state index in [1.807, 2.05) is 30.3 Å². The number of benzene rings is 2. The number of methoxy groups -OCH3 is 1. The van der Waals surface area contributed by atoms with E-state index in [9.17, 15) is 10.1 Å². The van der Waals surface area contributed by atoms with Crippen molar-refractivity contribution in [3.05, 3.63) is 63.7 Å². The van der Waals surface area contributed by atoms with Crippen molar-refractivity contribution >= 4 is 18.1 Å². The number of likely N-dealkylation sites (tertiary alicyclic amines) is 1. The molecule has 0 aromatic heterocycles. The first-order valence-corrected chi connectivity index (χ1v) is 10.0. The summed E-state index contributed by atoms with van der Waals surface area (Å²) in [6.45, 7) is 4.93. The Morgan fingerprint density at radius 1 is 1.20 bits per heavy atom. The van der Waals surface area contributed by atoms with Crippen LogP contribution >= 0.6 is 12.4 Å². The molecule has 1 N–H and O–H groups in total. The number of hydrogen-bond donors (Lipinski definition) is 1. The zero-order valence-corrected chi connectivity index (χ0v) is 18.0. The highest BCUT2D eigenvalue weighted by Gasteiger charge is 2.40. The first-order chi connectivity index (χ1) is 14.1. The summed E-state index contributed by atoms with van der Waals surface area (Å²) in [5.41, 5.74) is 2.08. The van der Waals surface area contributed by atoms with Crippen LogP contribution in [0.2, 0.25) is 0 Å². The molecule has 7 nitrogen and oxygen atoms in total. The van der Waals surface area contributed by atoms with Crippen LogP contribution in [0.5, 0.6) is 11.5 Å². The number of rotatable bonds is 7. The number of halogens is 1. The van der Waals surface area contributed by atoms with E-state index in [1.54, 1.807) is 13.2 Å². The van der Waals surface area contributed by atoms with Crippen LogP contribution in [-0.4, -0.2) is 43.1 Å². The second-order valence-corrected chi connectivity index (χ2v) is 8.05. The van der Waals surface area contributed by atoms with Crippen LogP contribution in [0.15, 0.2) is 42.5 Å². The molecule has 8 heteroatoms. The van der Waals surface area contributed by atoms with Gasteiger partial charge in [-0.25, -0.2) is 0 Å². The van der Waals surface area contributed by atoms with Crippen LogP contribution in [0.25, 0.3) is 0 Å². The van der Waals surface area contributed by atoms with E-state index in [-0.39, 0.29) is 23.0 Å². The van der Waals surface area contributed by atoms with Gasteiger partial charge in [-0.3, -0.25) is 15.0 Å². The number of nitro groups is 1. The molecule has 1 unspecified atom stereocenters. The summed E-state index contributed by atoms with van der Waals surface area (Å²) in [5.74, 6) is 0.919. The second-order valence-electron chi connectivity index (χ2n) is 8.05. The summed E-state index contributed by atoms with van der Waals surface area (Å²) >= 11 is 0. The van der Waals surface area contributed by atoms with Gasteiger partial charge in [0.2, 0.25) is 0 Å². The van der Waals surface area contributed by atoms with Crippen LogP contribution in [0.1, 0.15) is 24.0 Å². The van der Waals surface area contributed by atoms with E-state index in [2.05, 4.69) is 10.2 Å². The summed E-state index contributed by atoms with van der Waals surface area (Å²) in [5, 5.41) is 15.2. The molecule has 2 fully saturated rings. The van der Waals surface area contributed by atoms with Gasteiger partial charge in [0.1, 0.15) is 6.61 Å². The van der Waals surface area contributed by atoms with Gasteiger partial charge in [-0.05, 0) is 43.0 Å². The third-order valence-corrected chi connectivity index (χ3v) is 6.04. The van der Waals surface area contributed by atoms with Gasteiger partial charge in [-0.15, -0.1) is 12.4 Å². The van der Waals surface area contributed by atoms with Crippen molar-refractivity contribution < 1.29 is 14.4 Å². The van der Waals surface area contributed by atoms with E-state index in [0.717, 1.165) is 38.2 Å². The first kappa shape index (κ1) is 22.3. The molecule has 0 radical (unpaired) electrons. The van der Waals surface area contributed by atoms with Crippen LogP contribution in [0.4, 0.5) is 5.69 Å². The fourth-order valence-corrected chi connectivity index (χ4v) is 4.44. The lowest BCUT2D eigenvalue weighted by Crippen LogP contribution is -2.29. The van der Waals surface area contributed by atoms with Gasteiger partial charge >= 0.3 is 0 Å². The average Bonchev–Trinajstić information content (AvgIpc) is 3.36. The molecule has 4 rings (SSSR count). The number of nitrogens with one attached hydrogen (secondary N) is 1. The summed E-state index contributed by atoms with van der Waals surface area (Å²) in [6.07, 6.45) is 2.32. The molecule has 1 atom stereocenters. The van der Waals surface area contributed by atoms with E-state index in [4.69, 9.17) is 9.47 Å². The zero-order valence-electron chi connectivity index (χ0n) is 17.1. The lowest BCUT2D eigenvalue weighted by molar-refractivity contribution is -0.385. The van der Waals surface area contributed by atoms with Gasteiger partial charge in [0.15, 0.2) is 11.5 Å². The lowest BCUT2D eigenvalue weighted by atomic mass is 9.86. The van der Waals surface area contributed by atoms with Gasteiger partial charge in [-0.2, -0.15) is 0 Å². The second kappa shape index (κ2) is 9.64. The van der Waals surface area contributed by atoms with Gasteiger partial charge in [-0.1, -0.05) is 30.3 Å². The van der Waals surface area contributed by atoms with Crippen LogP contribution in [0, 0.1) is 15.5 Å². The van der Waals surface area contributed by atoms with Crippen LogP contribution in [0.3, 0.4) is 0 Å². The number of hydrogen-bond acceptors (Lipinski definition) is 6. The van der Waals surface area contributed by atoms with Crippen molar-refractivity contribution in [2.75, 3.05) is 33.3 Å². The third-order valence-electron chi connectivity index (χ3n) is 6.04. The number of nitrogens with zero attached hydrogens (tertiary/aromatic N) is 2. The molecule has 0 saturated carbocycles. The maximum absolute atomic E-state index is 11.8. The lowest BCUT2D eigenvalue weighted by Gasteiger charge is -2.23. The molecule has 2 saturated heterocycles. The Kier molecular flexibility index (Phi) is 7.18. The highest BCUT2D eigenvalue weighted by Crippen LogP contribution is 2.39. The van der Waals surface area contributed by atoms with Crippen molar-refractivity contribution in [3.63, 3.8) is 0 Å². The van der Waals surface area contributed by atoms with Crippen LogP contribution < -0.4 is 14.8 Å². The summed E-state index contributed by atoms with van der Waals surface area (Å²) in [4.78, 5) is 13.7. The van der Waals surface area contributed by atoms with Gasteiger partial charge in [0.05, 0.1) is 18.1 Å². The Bertz CT molecular complexity index is 872. The molecule has 0 amide bonds. The van der Waals surface area contributed by atoms with Gasteiger partial charge in [0.25, 0.3) is 5.69 Å². The highest BCUT2D eigenvalue weighted by molar-refractivity contribution is 5.85. The highest BCUT2D eigenvalue weighted by atomic mass is 35.5. The molecule has 0 aliphatic carbocycles. The van der Waals surface area contributed by atoms with Crippen molar-refractivity contribution in [1.82, 2.24) is 10.2 Å². The van der Waals surface area contributed by atoms with Crippen molar-refractivity contribution in [2.45, 2.75) is 26.0 Å². The monoisotopic (exact) mass is 433 g/mol. The predicted molar refractivity (Wildman–Crippen MR) is 117 cm³/mol. The predicted octanol–water partition coefficient (Wildman–Crippen LogP) is 3.79. The van der Waals surface area contributed by atoms with Crippen molar-refractivity contribution in [1.29, 1.82) is 0 Å². The normalized spacial score (nSPS) is 20.8. The number of nitro benzene ring substituents is 1. The standard InChI is InChI=1S/C22H27N3O4.ClH/c1-28-20-11-18(13-24-10-8-22(16-24)7-9-23-15-22)19(25(26)27)12-21(20)29-14-17-5-3-2-4-6-17;/h2-6,11-12,23H,7-10,13-16H2,1H3;1H. The van der Waals surface area contributed by atoms with E-state index in [1.165, 1.54) is 12.5 Å². The Balaban J connectivity index is 0.00000256. The Hall–Kier alpha value is -2.35. The minimum atomic E-state index is -0.326. The maximum atomic E-state index is 11.8. The first-order valence-electron chi connectivity index (χ1n) is 10.0. The quantitative estimate of drug-likeness (QED) is 0.528. The van der Waals surface area contributed by atoms with E-state index in [0.29, 0.717) is 35.6 Å². The molecule has 2 aliphatic heterocycles. The number of ether oxygens (including phenoxy) is 2. The molecule has 2 aromatic rings. The van der Waals surface area contributed by atoms with Crippen LogP contribution in [-0.2, 0) is 13.2 Å². The van der Waals surface area contributed by atoms with E-state index < -0.39 is 0 Å². The molecule has 162 valence electrons. The topological polar surface area (TPSA) is 76.9 Å². The molecule has 1 spiro atoms. The van der Waals surface area contributed by atoms with Crippen molar-refractivity contribution in [3.8, 4) is 11.5 Å². The maximum Gasteiger partial charge on any atom is 0.277 e. The summed E-state index contributed by atoms with van der Waals surface area (Å²) in [6, 6.07) is 13.0. The molecule has 2 aliphatic rings. The Labute approximate surface area is 182 Å². The molecular formula is C22H28ClN3O4. The summed E-state index contributed by atoms with van der Waals surface area (Å²) < 4.78 is 11.3. The SMILES string of the molecule is COc1cc(CN2CCC3(CCNC3)C2)c([N+](=O)[O-])cc1OCc1ccccc1.Cl. The Morgan fingerprint density at radius 2 is 2.00 bits per heavy atom. The van der Waals surface area contributed by atoms with Gasteiger partial charge < -0.3 is 14.8 Å². The Morgan fingerprint density at radius 3 is 2.67 bits per heavy atom. The molecular weight excluding hydrogens is 406 g/mol. The largest absolute Gasteiger partial charge is 0.493 e. The zero-order chi connectivity index (χ0) is 20.3. The fraction of sp³-hybridized carbons (Fsp3) is 0.455. The minimum Gasteiger partial charge on any atom is -0.493 e. The molecule has 2 heterocycles. The average molecular weight is 434 g/mol. The fourth-order valence-electron chi connectivity index (χ4n) is 4.44. The minimum absolute atomic E-state index is 0. The third kappa shape index (κ3) is 4.86. The summed E-state index contributed by atoms with van der Waals surface area (Å²) in [7, 11) is 1.56. The molecule has 30 heavy (non-hydrogen) atoms.